The zero-order valence-corrected chi connectivity index (χ0v) is 13.7. The molecule has 12 nitrogen and oxygen atoms in total. The van der Waals surface area contributed by atoms with Gasteiger partial charge in [-0.25, -0.2) is 10.1 Å². The lowest BCUT2D eigenvalue weighted by atomic mass is 10.2. The summed E-state index contributed by atoms with van der Waals surface area (Å²) in [6, 6.07) is 4.67. The van der Waals surface area contributed by atoms with E-state index < -0.39 is 5.91 Å². The fourth-order valence-electron chi connectivity index (χ4n) is 2.11. The number of hydrogen-bond acceptors (Lipinski definition) is 10. The van der Waals surface area contributed by atoms with Gasteiger partial charge in [0, 0.05) is 0 Å². The van der Waals surface area contributed by atoms with Crippen molar-refractivity contribution < 1.29 is 19.3 Å². The summed E-state index contributed by atoms with van der Waals surface area (Å²) in [6.45, 7) is 1.59. The number of anilines is 1. The SMILES string of the molecule is COc1ccc(/C=N/NC(=O)c2c(C)nnn2-c2nonc2N)cc1O. The predicted octanol–water partition coefficient (Wildman–Crippen LogP) is 0.0190. The van der Waals surface area contributed by atoms with Gasteiger partial charge < -0.3 is 15.6 Å². The van der Waals surface area contributed by atoms with Gasteiger partial charge in [0.15, 0.2) is 17.2 Å². The van der Waals surface area contributed by atoms with Gasteiger partial charge in [-0.1, -0.05) is 5.21 Å². The van der Waals surface area contributed by atoms with Gasteiger partial charge in [-0.05, 0) is 41.0 Å². The summed E-state index contributed by atoms with van der Waals surface area (Å²) in [4.78, 5) is 12.4. The van der Waals surface area contributed by atoms with Crippen molar-refractivity contribution in [2.45, 2.75) is 6.92 Å². The molecule has 0 aliphatic carbocycles. The monoisotopic (exact) mass is 358 g/mol. The van der Waals surface area contributed by atoms with E-state index in [-0.39, 0.29) is 23.1 Å². The van der Waals surface area contributed by atoms with Crippen LogP contribution in [0.3, 0.4) is 0 Å². The number of nitrogens with one attached hydrogen (secondary N) is 1. The van der Waals surface area contributed by atoms with Crippen molar-refractivity contribution in [3.8, 4) is 17.3 Å². The first-order valence-electron chi connectivity index (χ1n) is 7.22. The van der Waals surface area contributed by atoms with E-state index in [0.29, 0.717) is 17.0 Å². The minimum atomic E-state index is -0.594. The molecule has 0 saturated carbocycles. The van der Waals surface area contributed by atoms with Gasteiger partial charge in [-0.2, -0.15) is 9.78 Å². The van der Waals surface area contributed by atoms with Crippen LogP contribution in [-0.4, -0.2) is 49.6 Å². The number of aromatic hydroxyl groups is 1. The summed E-state index contributed by atoms with van der Waals surface area (Å²) in [5.74, 6) is -0.310. The summed E-state index contributed by atoms with van der Waals surface area (Å²) < 4.78 is 10.6. The smallest absolute Gasteiger partial charge is 0.292 e. The first-order valence-corrected chi connectivity index (χ1v) is 7.22. The van der Waals surface area contributed by atoms with Crippen molar-refractivity contribution in [1.82, 2.24) is 30.7 Å². The number of nitrogens with zero attached hydrogens (tertiary/aromatic N) is 6. The molecule has 134 valence electrons. The van der Waals surface area contributed by atoms with Gasteiger partial charge in [-0.15, -0.1) is 5.10 Å². The Bertz CT molecular complexity index is 977. The molecule has 2 heterocycles. The number of carbonyl (C=O) groups excluding carboxylic acids is 1. The molecule has 26 heavy (non-hydrogen) atoms. The van der Waals surface area contributed by atoms with Crippen molar-refractivity contribution in [2.24, 2.45) is 5.10 Å². The quantitative estimate of drug-likeness (QED) is 0.420. The maximum atomic E-state index is 12.4. The summed E-state index contributed by atoms with van der Waals surface area (Å²) in [6.07, 6.45) is 1.35. The number of hydrogen-bond donors (Lipinski definition) is 3. The predicted molar refractivity (Wildman–Crippen MR) is 88.1 cm³/mol. The first kappa shape index (κ1) is 16.9. The second-order valence-electron chi connectivity index (χ2n) is 5.04. The molecule has 1 aromatic carbocycles. The molecule has 0 unspecified atom stereocenters. The number of ether oxygens (including phenoxy) is 1. The summed E-state index contributed by atoms with van der Waals surface area (Å²) in [5, 5.41) is 28.2. The Kier molecular flexibility index (Phi) is 4.47. The number of phenolic OH excluding ortho intramolecular Hbond substituents is 1. The number of rotatable bonds is 5. The number of benzene rings is 1. The molecule has 3 aromatic rings. The van der Waals surface area contributed by atoms with Crippen LogP contribution in [0.5, 0.6) is 11.5 Å². The third-order valence-electron chi connectivity index (χ3n) is 3.33. The lowest BCUT2D eigenvalue weighted by molar-refractivity contribution is 0.0946. The topological polar surface area (TPSA) is 167 Å². The van der Waals surface area contributed by atoms with Gasteiger partial charge in [-0.3, -0.25) is 4.79 Å². The number of nitrogen functional groups attached to an aromatic ring is 1. The largest absolute Gasteiger partial charge is 0.504 e. The lowest BCUT2D eigenvalue weighted by Gasteiger charge is -2.04. The molecule has 3 rings (SSSR count). The fourth-order valence-corrected chi connectivity index (χ4v) is 2.11. The molecule has 1 amide bonds. The third-order valence-corrected chi connectivity index (χ3v) is 3.33. The van der Waals surface area contributed by atoms with Crippen molar-refractivity contribution in [1.29, 1.82) is 0 Å². The van der Waals surface area contributed by atoms with Crippen molar-refractivity contribution in [3.63, 3.8) is 0 Å². The minimum Gasteiger partial charge on any atom is -0.504 e. The van der Waals surface area contributed by atoms with Gasteiger partial charge >= 0.3 is 0 Å². The van der Waals surface area contributed by atoms with E-state index in [0.717, 1.165) is 4.68 Å². The van der Waals surface area contributed by atoms with Crippen molar-refractivity contribution in [2.75, 3.05) is 12.8 Å². The maximum absolute atomic E-state index is 12.4. The zero-order chi connectivity index (χ0) is 18.7. The Hall–Kier alpha value is -3.96. The molecule has 0 atom stereocenters. The van der Waals surface area contributed by atoms with E-state index in [9.17, 15) is 9.90 Å². The Morgan fingerprint density at radius 3 is 2.92 bits per heavy atom. The Labute approximate surface area is 146 Å². The lowest BCUT2D eigenvalue weighted by Crippen LogP contribution is -2.22. The molecule has 4 N–H and O–H groups in total. The Balaban J connectivity index is 1.78. The third kappa shape index (κ3) is 3.15. The highest BCUT2D eigenvalue weighted by molar-refractivity contribution is 5.94. The van der Waals surface area contributed by atoms with Crippen LogP contribution >= 0.6 is 0 Å². The van der Waals surface area contributed by atoms with Crippen molar-refractivity contribution in [3.05, 3.63) is 35.2 Å². The first-order chi connectivity index (χ1) is 12.5. The van der Waals surface area contributed by atoms with Gasteiger partial charge in [0.25, 0.3) is 5.91 Å². The molecule has 0 radical (unpaired) electrons. The molecular weight excluding hydrogens is 344 g/mol. The summed E-state index contributed by atoms with van der Waals surface area (Å²) >= 11 is 0. The number of hydrazone groups is 1. The fraction of sp³-hybridized carbons (Fsp3) is 0.143. The van der Waals surface area contributed by atoms with E-state index in [4.69, 9.17) is 10.5 Å². The molecule has 0 spiro atoms. The Morgan fingerprint density at radius 2 is 2.27 bits per heavy atom. The molecule has 2 aromatic heterocycles. The van der Waals surface area contributed by atoms with Crippen LogP contribution in [0.1, 0.15) is 21.7 Å². The van der Waals surface area contributed by atoms with Gasteiger partial charge in [0.2, 0.25) is 11.6 Å². The molecular formula is C14H14N8O4. The van der Waals surface area contributed by atoms with E-state index in [1.165, 1.54) is 19.4 Å². The number of aryl methyl sites for hydroxylation is 1. The van der Waals surface area contributed by atoms with Crippen LogP contribution in [-0.2, 0) is 0 Å². The highest BCUT2D eigenvalue weighted by atomic mass is 16.6. The van der Waals surface area contributed by atoms with Gasteiger partial charge in [0.1, 0.15) is 0 Å². The van der Waals surface area contributed by atoms with E-state index in [1.807, 2.05) is 0 Å². The molecule has 0 saturated heterocycles. The minimum absolute atomic E-state index is 0.0406. The van der Waals surface area contributed by atoms with E-state index >= 15 is 0 Å². The number of carbonyl (C=O) groups is 1. The highest BCUT2D eigenvalue weighted by Crippen LogP contribution is 2.25. The summed E-state index contributed by atoms with van der Waals surface area (Å²) in [7, 11) is 1.44. The maximum Gasteiger partial charge on any atom is 0.292 e. The van der Waals surface area contributed by atoms with Crippen LogP contribution < -0.4 is 15.9 Å². The average Bonchev–Trinajstić information content (AvgIpc) is 3.20. The van der Waals surface area contributed by atoms with Crippen LogP contribution in [0.2, 0.25) is 0 Å². The van der Waals surface area contributed by atoms with Crippen LogP contribution in [0, 0.1) is 6.92 Å². The van der Waals surface area contributed by atoms with Crippen LogP contribution in [0.25, 0.3) is 5.82 Å². The van der Waals surface area contributed by atoms with E-state index in [1.54, 1.807) is 19.1 Å². The van der Waals surface area contributed by atoms with Crippen LogP contribution in [0.15, 0.2) is 27.9 Å². The van der Waals surface area contributed by atoms with Crippen LogP contribution in [0.4, 0.5) is 5.82 Å². The van der Waals surface area contributed by atoms with Gasteiger partial charge in [0.05, 0.1) is 19.0 Å². The summed E-state index contributed by atoms with van der Waals surface area (Å²) in [5.41, 5.74) is 8.91. The Morgan fingerprint density at radius 1 is 1.46 bits per heavy atom. The highest BCUT2D eigenvalue weighted by Gasteiger charge is 2.22. The number of nitrogens with two attached hydrogens (primary N) is 1. The average molecular weight is 358 g/mol. The number of amides is 1. The van der Waals surface area contributed by atoms with Crippen molar-refractivity contribution >= 4 is 17.9 Å². The molecule has 12 heteroatoms. The molecule has 0 bridgehead atoms. The second-order valence-corrected chi connectivity index (χ2v) is 5.04. The number of aromatic nitrogens is 5. The normalized spacial score (nSPS) is 11.0. The second kappa shape index (κ2) is 6.88. The number of phenols is 1. The molecule has 0 aliphatic heterocycles. The number of methoxy groups -OCH3 is 1. The zero-order valence-electron chi connectivity index (χ0n) is 13.7. The standard InChI is InChI=1S/C14H14N8O4/c1-7-11(22(21-17-7)13-12(15)19-26-20-13)14(24)18-16-6-8-3-4-10(25-2)9(23)5-8/h3-6,23H,1-2H3,(H2,15,19)(H,18,24)/b16-6+. The molecule has 0 fully saturated rings. The van der Waals surface area contributed by atoms with E-state index in [2.05, 4.69) is 35.8 Å². The molecule has 0 aliphatic rings.